The van der Waals surface area contributed by atoms with Crippen LogP contribution >= 0.6 is 0 Å². The van der Waals surface area contributed by atoms with Crippen LogP contribution in [0.25, 0.3) is 0 Å². The Hall–Kier alpha value is -2.78. The molecule has 1 fully saturated rings. The zero-order valence-corrected chi connectivity index (χ0v) is 13.1. The van der Waals surface area contributed by atoms with Gasteiger partial charge in [0.05, 0.1) is 11.7 Å². The highest BCUT2D eigenvalue weighted by Crippen LogP contribution is 2.38. The molecule has 4 rings (SSSR count). The maximum atomic E-state index is 10.6. The largest absolute Gasteiger partial charge is 0.454 e. The number of piperidine rings is 1. The van der Waals surface area contributed by atoms with Crippen LogP contribution in [0, 0.1) is 11.3 Å². The van der Waals surface area contributed by atoms with Gasteiger partial charge in [-0.1, -0.05) is 6.07 Å². The van der Waals surface area contributed by atoms with Crippen LogP contribution in [-0.4, -0.2) is 36.1 Å². The first kappa shape index (κ1) is 14.8. The topological polar surface area (TPSA) is 78.6 Å². The molecule has 2 atom stereocenters. The lowest BCUT2D eigenvalue weighted by atomic mass is 9.87. The Morgan fingerprint density at radius 2 is 2.12 bits per heavy atom. The number of ether oxygens (including phenoxy) is 2. The van der Waals surface area contributed by atoms with Gasteiger partial charge in [-0.05, 0) is 36.2 Å². The molecule has 1 saturated heterocycles. The highest BCUT2D eigenvalue weighted by Gasteiger charge is 2.31. The van der Waals surface area contributed by atoms with E-state index in [2.05, 4.69) is 11.1 Å². The van der Waals surface area contributed by atoms with Gasteiger partial charge in [0.2, 0.25) is 6.79 Å². The van der Waals surface area contributed by atoms with Crippen molar-refractivity contribution in [1.29, 1.82) is 5.26 Å². The van der Waals surface area contributed by atoms with Crippen molar-refractivity contribution in [3.8, 4) is 17.6 Å². The number of benzene rings is 1. The number of hydrogen-bond donors (Lipinski definition) is 1. The number of aromatic nitrogens is 1. The second kappa shape index (κ2) is 6.02. The smallest absolute Gasteiger partial charge is 0.231 e. The molecule has 2 aliphatic rings. The Labute approximate surface area is 139 Å². The fourth-order valence-electron chi connectivity index (χ4n) is 3.39. The number of aliphatic hydroxyl groups is 1. The van der Waals surface area contributed by atoms with E-state index in [1.807, 2.05) is 23.1 Å². The number of aliphatic hydroxyl groups excluding tert-OH is 1. The van der Waals surface area contributed by atoms with Gasteiger partial charge in [-0.25, -0.2) is 4.98 Å². The molecule has 1 aromatic carbocycles. The van der Waals surface area contributed by atoms with Crippen LogP contribution < -0.4 is 14.4 Å². The summed E-state index contributed by atoms with van der Waals surface area (Å²) in [5, 5.41) is 19.9. The molecule has 122 valence electrons. The van der Waals surface area contributed by atoms with E-state index in [0.717, 1.165) is 30.0 Å². The molecule has 24 heavy (non-hydrogen) atoms. The Kier molecular flexibility index (Phi) is 3.71. The van der Waals surface area contributed by atoms with Gasteiger partial charge in [-0.2, -0.15) is 5.26 Å². The number of rotatable bonds is 2. The maximum absolute atomic E-state index is 10.6. The third-order valence-electron chi connectivity index (χ3n) is 4.61. The Balaban J connectivity index is 1.54. The lowest BCUT2D eigenvalue weighted by Crippen LogP contribution is -2.43. The average molecular weight is 323 g/mol. The van der Waals surface area contributed by atoms with Crippen molar-refractivity contribution >= 4 is 5.82 Å². The summed E-state index contributed by atoms with van der Waals surface area (Å²) in [5.74, 6) is 2.16. The van der Waals surface area contributed by atoms with Gasteiger partial charge >= 0.3 is 0 Å². The van der Waals surface area contributed by atoms with Crippen molar-refractivity contribution < 1.29 is 14.6 Å². The minimum atomic E-state index is -0.535. The molecular formula is C18H17N3O3. The monoisotopic (exact) mass is 323 g/mol. The Bertz CT molecular complexity index is 802. The molecule has 6 heteroatoms. The second-order valence-electron chi connectivity index (χ2n) is 6.01. The standard InChI is InChI=1S/C18H17N3O3/c19-9-13-2-1-6-20-18(13)21-7-5-14(15(22)10-21)12-3-4-16-17(8-12)24-11-23-16/h1-4,6,8,14-15,22H,5,7,10-11H2/t14-,15+/m0/s1. The zero-order valence-electron chi connectivity index (χ0n) is 13.1. The van der Waals surface area contributed by atoms with Crippen molar-refractivity contribution in [3.63, 3.8) is 0 Å². The second-order valence-corrected chi connectivity index (χ2v) is 6.01. The quantitative estimate of drug-likeness (QED) is 0.911. The van der Waals surface area contributed by atoms with Crippen LogP contribution in [0.4, 0.5) is 5.82 Å². The molecule has 1 N–H and O–H groups in total. The van der Waals surface area contributed by atoms with E-state index in [4.69, 9.17) is 9.47 Å². The molecule has 0 spiro atoms. The minimum absolute atomic E-state index is 0.0324. The summed E-state index contributed by atoms with van der Waals surface area (Å²) in [7, 11) is 0. The van der Waals surface area contributed by atoms with Crippen molar-refractivity contribution in [1.82, 2.24) is 4.98 Å². The van der Waals surface area contributed by atoms with Gasteiger partial charge in [0, 0.05) is 25.2 Å². The van der Waals surface area contributed by atoms with E-state index in [1.54, 1.807) is 18.3 Å². The molecule has 1 aromatic heterocycles. The summed E-state index contributed by atoms with van der Waals surface area (Å²) in [4.78, 5) is 6.29. The molecule has 2 aromatic rings. The van der Waals surface area contributed by atoms with E-state index in [9.17, 15) is 10.4 Å². The zero-order chi connectivity index (χ0) is 16.5. The normalized spacial score (nSPS) is 22.2. The van der Waals surface area contributed by atoms with Gasteiger partial charge in [0.1, 0.15) is 11.9 Å². The number of anilines is 1. The van der Waals surface area contributed by atoms with E-state index in [-0.39, 0.29) is 12.7 Å². The summed E-state index contributed by atoms with van der Waals surface area (Å²) in [6.07, 6.45) is 1.92. The van der Waals surface area contributed by atoms with Crippen LogP contribution in [0.2, 0.25) is 0 Å². The summed E-state index contributed by atoms with van der Waals surface area (Å²) < 4.78 is 10.8. The van der Waals surface area contributed by atoms with Crippen molar-refractivity contribution in [2.24, 2.45) is 0 Å². The van der Waals surface area contributed by atoms with Crippen molar-refractivity contribution in [2.45, 2.75) is 18.4 Å². The number of nitriles is 1. The minimum Gasteiger partial charge on any atom is -0.454 e. The Morgan fingerprint density at radius 3 is 2.96 bits per heavy atom. The molecular weight excluding hydrogens is 306 g/mol. The molecule has 0 radical (unpaired) electrons. The Morgan fingerprint density at radius 1 is 1.25 bits per heavy atom. The first-order chi connectivity index (χ1) is 11.8. The highest BCUT2D eigenvalue weighted by atomic mass is 16.7. The summed E-state index contributed by atoms with van der Waals surface area (Å²) in [5.41, 5.74) is 1.58. The summed E-state index contributed by atoms with van der Waals surface area (Å²) >= 11 is 0. The van der Waals surface area contributed by atoms with Gasteiger partial charge in [0.25, 0.3) is 0 Å². The molecule has 3 heterocycles. The molecule has 0 saturated carbocycles. The fourth-order valence-corrected chi connectivity index (χ4v) is 3.39. The molecule has 0 bridgehead atoms. The van der Waals surface area contributed by atoms with Crippen molar-refractivity contribution in [2.75, 3.05) is 24.8 Å². The molecule has 0 unspecified atom stereocenters. The summed E-state index contributed by atoms with van der Waals surface area (Å²) in [6, 6.07) is 11.5. The van der Waals surface area contributed by atoms with Gasteiger partial charge in [-0.3, -0.25) is 0 Å². The first-order valence-corrected chi connectivity index (χ1v) is 7.94. The van der Waals surface area contributed by atoms with Crippen LogP contribution in [0.1, 0.15) is 23.5 Å². The average Bonchev–Trinajstić information content (AvgIpc) is 3.09. The number of hydrogen-bond acceptors (Lipinski definition) is 6. The first-order valence-electron chi connectivity index (χ1n) is 7.94. The lowest BCUT2D eigenvalue weighted by molar-refractivity contribution is 0.129. The van der Waals surface area contributed by atoms with Crippen molar-refractivity contribution in [3.05, 3.63) is 47.7 Å². The van der Waals surface area contributed by atoms with Crippen LogP contribution in [0.5, 0.6) is 11.5 Å². The number of pyridine rings is 1. The predicted octanol–water partition coefficient (Wildman–Crippen LogP) is 2.04. The molecule has 0 amide bonds. The number of fused-ring (bicyclic) bond motifs is 1. The van der Waals surface area contributed by atoms with Crippen LogP contribution in [0.3, 0.4) is 0 Å². The number of nitrogens with zero attached hydrogens (tertiary/aromatic N) is 3. The van der Waals surface area contributed by atoms with Crippen LogP contribution in [0.15, 0.2) is 36.5 Å². The van der Waals surface area contributed by atoms with Gasteiger partial charge < -0.3 is 19.5 Å². The summed E-state index contributed by atoms with van der Waals surface area (Å²) in [6.45, 7) is 1.43. The number of β-amino-alcohol motifs (C(OH)–C–C–N with tert-alkyl or cyclic N) is 1. The van der Waals surface area contributed by atoms with Gasteiger partial charge in [0.15, 0.2) is 11.5 Å². The third-order valence-corrected chi connectivity index (χ3v) is 4.61. The van der Waals surface area contributed by atoms with Crippen LogP contribution in [-0.2, 0) is 0 Å². The molecule has 0 aliphatic carbocycles. The SMILES string of the molecule is N#Cc1cccnc1N1CC[C@@H](c2ccc3c(c2)OCO3)[C@H](O)C1. The molecule has 6 nitrogen and oxygen atoms in total. The van der Waals surface area contributed by atoms with E-state index < -0.39 is 6.10 Å². The highest BCUT2D eigenvalue weighted by molar-refractivity contribution is 5.54. The third kappa shape index (κ3) is 2.53. The lowest BCUT2D eigenvalue weighted by Gasteiger charge is -2.37. The predicted molar refractivity (Wildman–Crippen MR) is 87.1 cm³/mol. The fraction of sp³-hybridized carbons (Fsp3) is 0.333. The van der Waals surface area contributed by atoms with Gasteiger partial charge in [-0.15, -0.1) is 0 Å². The van der Waals surface area contributed by atoms with E-state index >= 15 is 0 Å². The molecule has 2 aliphatic heterocycles. The van der Waals surface area contributed by atoms with E-state index in [0.29, 0.717) is 17.9 Å². The maximum Gasteiger partial charge on any atom is 0.231 e. The van der Waals surface area contributed by atoms with E-state index in [1.165, 1.54) is 0 Å².